The van der Waals surface area contributed by atoms with Crippen molar-refractivity contribution in [2.75, 3.05) is 23.5 Å². The molecule has 1 amide bonds. The number of hydrogen-bond donors (Lipinski definition) is 3. The molecule has 0 fully saturated rings. The standard InChI is InChI=1S/C18H19N5O2S/c1-25-15-9-7-14(8-10-15)20-17(24)12-26-18-21-16(22-23-18)11-19-13-5-3-2-4-6-13/h2-10,19H,11-12H2,1H3,(H,20,24)(H,21,22,23). The summed E-state index contributed by atoms with van der Waals surface area (Å²) in [6.45, 7) is 0.537. The zero-order chi connectivity index (χ0) is 18.2. The molecular weight excluding hydrogens is 350 g/mol. The minimum Gasteiger partial charge on any atom is -0.497 e. The highest BCUT2D eigenvalue weighted by atomic mass is 32.2. The van der Waals surface area contributed by atoms with Crippen LogP contribution in [0, 0.1) is 0 Å². The first-order chi connectivity index (χ1) is 12.7. The molecule has 0 aliphatic heterocycles. The van der Waals surface area contributed by atoms with Crippen molar-refractivity contribution >= 4 is 29.0 Å². The number of H-pyrrole nitrogens is 1. The highest BCUT2D eigenvalue weighted by Crippen LogP contribution is 2.17. The first kappa shape index (κ1) is 17.8. The molecule has 0 saturated heterocycles. The number of carbonyl (C=O) groups excluding carboxylic acids is 1. The zero-order valence-electron chi connectivity index (χ0n) is 14.2. The van der Waals surface area contributed by atoms with Crippen LogP contribution in [0.2, 0.25) is 0 Å². The summed E-state index contributed by atoms with van der Waals surface area (Å²) in [6, 6.07) is 17.0. The predicted octanol–water partition coefficient (Wildman–Crippen LogP) is 3.16. The van der Waals surface area contributed by atoms with Crippen molar-refractivity contribution in [3.63, 3.8) is 0 Å². The number of methoxy groups -OCH3 is 1. The Balaban J connectivity index is 1.44. The molecule has 0 unspecified atom stereocenters. The van der Waals surface area contributed by atoms with Crippen LogP contribution in [0.3, 0.4) is 0 Å². The molecule has 0 bridgehead atoms. The number of aromatic nitrogens is 3. The lowest BCUT2D eigenvalue weighted by Gasteiger charge is -2.05. The summed E-state index contributed by atoms with van der Waals surface area (Å²) in [5, 5.41) is 13.6. The van der Waals surface area contributed by atoms with Gasteiger partial charge in [0.25, 0.3) is 0 Å². The summed E-state index contributed by atoms with van der Waals surface area (Å²) in [5.41, 5.74) is 1.73. The van der Waals surface area contributed by atoms with Gasteiger partial charge in [0.15, 0.2) is 0 Å². The van der Waals surface area contributed by atoms with Crippen molar-refractivity contribution < 1.29 is 9.53 Å². The zero-order valence-corrected chi connectivity index (χ0v) is 15.0. The fourth-order valence-corrected chi connectivity index (χ4v) is 2.78. The minimum absolute atomic E-state index is 0.117. The van der Waals surface area contributed by atoms with E-state index in [2.05, 4.69) is 25.8 Å². The SMILES string of the molecule is COc1ccc(NC(=O)CSc2n[nH]c(CNc3ccccc3)n2)cc1. The fourth-order valence-electron chi connectivity index (χ4n) is 2.16. The van der Waals surface area contributed by atoms with Crippen molar-refractivity contribution in [3.05, 3.63) is 60.4 Å². The Hall–Kier alpha value is -3.00. The quantitative estimate of drug-likeness (QED) is 0.528. The van der Waals surface area contributed by atoms with E-state index in [0.29, 0.717) is 17.5 Å². The van der Waals surface area contributed by atoms with Gasteiger partial charge < -0.3 is 15.4 Å². The van der Waals surface area contributed by atoms with Gasteiger partial charge in [-0.25, -0.2) is 4.98 Å². The molecule has 0 atom stereocenters. The lowest BCUT2D eigenvalue weighted by molar-refractivity contribution is -0.113. The van der Waals surface area contributed by atoms with Crippen LogP contribution in [0.15, 0.2) is 59.8 Å². The van der Waals surface area contributed by atoms with E-state index in [9.17, 15) is 4.79 Å². The van der Waals surface area contributed by atoms with Crippen molar-refractivity contribution in [3.8, 4) is 5.75 Å². The normalized spacial score (nSPS) is 10.3. The molecule has 134 valence electrons. The van der Waals surface area contributed by atoms with E-state index in [0.717, 1.165) is 17.1 Å². The highest BCUT2D eigenvalue weighted by molar-refractivity contribution is 7.99. The Kier molecular flexibility index (Phi) is 6.10. The van der Waals surface area contributed by atoms with Crippen LogP contribution in [-0.2, 0) is 11.3 Å². The van der Waals surface area contributed by atoms with Crippen LogP contribution in [0.5, 0.6) is 5.75 Å². The van der Waals surface area contributed by atoms with Crippen LogP contribution in [0.1, 0.15) is 5.82 Å². The Morgan fingerprint density at radius 1 is 1.12 bits per heavy atom. The third-order valence-electron chi connectivity index (χ3n) is 3.45. The first-order valence-corrected chi connectivity index (χ1v) is 8.98. The van der Waals surface area contributed by atoms with Crippen LogP contribution >= 0.6 is 11.8 Å². The third kappa shape index (κ3) is 5.25. The van der Waals surface area contributed by atoms with Gasteiger partial charge in [-0.3, -0.25) is 9.89 Å². The van der Waals surface area contributed by atoms with E-state index in [1.165, 1.54) is 11.8 Å². The second-order valence-electron chi connectivity index (χ2n) is 5.35. The van der Waals surface area contributed by atoms with Crippen LogP contribution in [0.25, 0.3) is 0 Å². The van der Waals surface area contributed by atoms with Crippen molar-refractivity contribution in [2.45, 2.75) is 11.7 Å². The second-order valence-corrected chi connectivity index (χ2v) is 6.29. The number of para-hydroxylation sites is 1. The molecule has 0 spiro atoms. The molecule has 0 radical (unpaired) electrons. The molecule has 1 heterocycles. The fraction of sp³-hybridized carbons (Fsp3) is 0.167. The number of hydrogen-bond acceptors (Lipinski definition) is 6. The summed E-state index contributed by atoms with van der Waals surface area (Å²) in [5.74, 6) is 1.57. The Morgan fingerprint density at radius 3 is 2.62 bits per heavy atom. The lowest BCUT2D eigenvalue weighted by atomic mass is 10.3. The average molecular weight is 369 g/mol. The number of nitrogens with one attached hydrogen (secondary N) is 3. The van der Waals surface area contributed by atoms with Gasteiger partial charge in [-0.15, -0.1) is 5.10 Å². The maximum absolute atomic E-state index is 12.0. The maximum Gasteiger partial charge on any atom is 0.234 e. The Labute approximate surface area is 155 Å². The van der Waals surface area contributed by atoms with Crippen molar-refractivity contribution in [1.29, 1.82) is 0 Å². The largest absolute Gasteiger partial charge is 0.497 e. The van der Waals surface area contributed by atoms with E-state index in [-0.39, 0.29) is 11.7 Å². The minimum atomic E-state index is -0.117. The molecule has 7 nitrogen and oxygen atoms in total. The van der Waals surface area contributed by atoms with Gasteiger partial charge in [-0.2, -0.15) is 0 Å². The van der Waals surface area contributed by atoms with Gasteiger partial charge in [0.2, 0.25) is 11.1 Å². The van der Waals surface area contributed by atoms with Gasteiger partial charge in [0.05, 0.1) is 19.4 Å². The van der Waals surface area contributed by atoms with E-state index >= 15 is 0 Å². The van der Waals surface area contributed by atoms with Gasteiger partial charge >= 0.3 is 0 Å². The number of benzene rings is 2. The molecule has 0 saturated carbocycles. The summed E-state index contributed by atoms with van der Waals surface area (Å²) in [6.07, 6.45) is 0. The summed E-state index contributed by atoms with van der Waals surface area (Å²) in [4.78, 5) is 16.4. The molecule has 0 aliphatic rings. The van der Waals surface area contributed by atoms with Gasteiger partial charge in [-0.1, -0.05) is 30.0 Å². The summed E-state index contributed by atoms with van der Waals surface area (Å²) >= 11 is 1.28. The molecule has 26 heavy (non-hydrogen) atoms. The van der Waals surface area contributed by atoms with Crippen molar-refractivity contribution in [2.24, 2.45) is 0 Å². The molecule has 3 N–H and O–H groups in total. The number of thioether (sulfide) groups is 1. The van der Waals surface area contributed by atoms with E-state index in [1.54, 1.807) is 31.4 Å². The third-order valence-corrected chi connectivity index (χ3v) is 4.30. The lowest BCUT2D eigenvalue weighted by Crippen LogP contribution is -2.14. The van der Waals surface area contributed by atoms with Crippen LogP contribution in [0.4, 0.5) is 11.4 Å². The van der Waals surface area contributed by atoms with E-state index in [4.69, 9.17) is 4.74 Å². The molecule has 3 rings (SSSR count). The van der Waals surface area contributed by atoms with Crippen LogP contribution in [-0.4, -0.2) is 34.0 Å². The number of rotatable bonds is 8. The summed E-state index contributed by atoms with van der Waals surface area (Å²) in [7, 11) is 1.60. The number of carbonyl (C=O) groups is 1. The van der Waals surface area contributed by atoms with Gasteiger partial charge in [0.1, 0.15) is 11.6 Å². The number of amides is 1. The van der Waals surface area contributed by atoms with E-state index in [1.807, 2.05) is 30.3 Å². The monoisotopic (exact) mass is 369 g/mol. The van der Waals surface area contributed by atoms with Gasteiger partial charge in [-0.05, 0) is 36.4 Å². The first-order valence-electron chi connectivity index (χ1n) is 8.00. The topological polar surface area (TPSA) is 91.9 Å². The smallest absolute Gasteiger partial charge is 0.234 e. The average Bonchev–Trinajstić information content (AvgIpc) is 3.14. The number of nitrogens with zero attached hydrogens (tertiary/aromatic N) is 2. The maximum atomic E-state index is 12.0. The number of anilines is 2. The molecular formula is C18H19N5O2S. The highest BCUT2D eigenvalue weighted by Gasteiger charge is 2.08. The van der Waals surface area contributed by atoms with Crippen molar-refractivity contribution in [1.82, 2.24) is 15.2 Å². The molecule has 8 heteroatoms. The Morgan fingerprint density at radius 2 is 1.88 bits per heavy atom. The molecule has 3 aromatic rings. The predicted molar refractivity (Wildman–Crippen MR) is 102 cm³/mol. The molecule has 1 aromatic heterocycles. The van der Waals surface area contributed by atoms with E-state index < -0.39 is 0 Å². The number of ether oxygens (including phenoxy) is 1. The molecule has 2 aromatic carbocycles. The summed E-state index contributed by atoms with van der Waals surface area (Å²) < 4.78 is 5.09. The van der Waals surface area contributed by atoms with Gasteiger partial charge in [0, 0.05) is 11.4 Å². The Bertz CT molecular complexity index is 836. The van der Waals surface area contributed by atoms with Crippen LogP contribution < -0.4 is 15.4 Å². The molecule has 0 aliphatic carbocycles. The second kappa shape index (κ2) is 8.91. The number of aromatic amines is 1.